The molecular formula is C13H21NS. The predicted molar refractivity (Wildman–Crippen MR) is 67.5 cm³/mol. The minimum absolute atomic E-state index is 0.553. The number of nitrogens with one attached hydrogen (secondary N) is 1. The van der Waals surface area contributed by atoms with E-state index < -0.39 is 0 Å². The second kappa shape index (κ2) is 5.13. The van der Waals surface area contributed by atoms with Crippen LogP contribution >= 0.6 is 11.3 Å². The van der Waals surface area contributed by atoms with E-state index in [1.54, 1.807) is 4.88 Å². The summed E-state index contributed by atoms with van der Waals surface area (Å²) in [5.41, 5.74) is 0.553. The minimum atomic E-state index is 0.553. The molecule has 0 aromatic carbocycles. The van der Waals surface area contributed by atoms with Gasteiger partial charge in [-0.15, -0.1) is 11.3 Å². The normalized spacial score (nSPS) is 20.3. The highest BCUT2D eigenvalue weighted by Crippen LogP contribution is 2.39. The Balaban J connectivity index is 2.04. The average Bonchev–Trinajstić information content (AvgIpc) is 2.72. The van der Waals surface area contributed by atoms with Gasteiger partial charge in [0.05, 0.1) is 0 Å². The molecule has 0 unspecified atom stereocenters. The Kier molecular flexibility index (Phi) is 3.81. The lowest BCUT2D eigenvalue weighted by Gasteiger charge is -2.37. The molecule has 1 aromatic heterocycles. The maximum Gasteiger partial charge on any atom is 0.00512 e. The Bertz CT molecular complexity index is 267. The van der Waals surface area contributed by atoms with Gasteiger partial charge in [-0.25, -0.2) is 0 Å². The molecule has 1 fully saturated rings. The van der Waals surface area contributed by atoms with Gasteiger partial charge in [-0.3, -0.25) is 0 Å². The lowest BCUT2D eigenvalue weighted by molar-refractivity contribution is 0.186. The van der Waals surface area contributed by atoms with E-state index in [1.165, 1.54) is 45.1 Å². The summed E-state index contributed by atoms with van der Waals surface area (Å²) in [5.74, 6) is 0. The number of rotatable bonds is 4. The molecule has 0 radical (unpaired) electrons. The van der Waals surface area contributed by atoms with Crippen molar-refractivity contribution in [3.8, 4) is 0 Å². The van der Waals surface area contributed by atoms with Gasteiger partial charge in [-0.1, -0.05) is 25.3 Å². The van der Waals surface area contributed by atoms with Crippen molar-refractivity contribution in [3.05, 3.63) is 22.4 Å². The van der Waals surface area contributed by atoms with Gasteiger partial charge >= 0.3 is 0 Å². The molecule has 2 rings (SSSR count). The molecule has 0 spiro atoms. The number of hydrogen-bond acceptors (Lipinski definition) is 2. The minimum Gasteiger partial charge on any atom is -0.319 e. The van der Waals surface area contributed by atoms with Crippen molar-refractivity contribution >= 4 is 11.3 Å². The molecule has 0 bridgehead atoms. The summed E-state index contributed by atoms with van der Waals surface area (Å²) in [6.45, 7) is 1.19. The highest BCUT2D eigenvalue weighted by atomic mass is 32.1. The topological polar surface area (TPSA) is 12.0 Å². The van der Waals surface area contributed by atoms with Gasteiger partial charge in [0.2, 0.25) is 0 Å². The van der Waals surface area contributed by atoms with Crippen molar-refractivity contribution in [3.63, 3.8) is 0 Å². The van der Waals surface area contributed by atoms with Crippen LogP contribution in [0.15, 0.2) is 17.5 Å². The third kappa shape index (κ3) is 2.82. The maximum atomic E-state index is 3.40. The van der Waals surface area contributed by atoms with Crippen molar-refractivity contribution < 1.29 is 0 Å². The smallest absolute Gasteiger partial charge is 0.00512 e. The molecule has 0 aliphatic heterocycles. The van der Waals surface area contributed by atoms with E-state index >= 15 is 0 Å². The van der Waals surface area contributed by atoms with Crippen molar-refractivity contribution in [2.75, 3.05) is 13.6 Å². The van der Waals surface area contributed by atoms with Crippen LogP contribution < -0.4 is 5.32 Å². The molecule has 1 aliphatic carbocycles. The van der Waals surface area contributed by atoms with Crippen LogP contribution in [-0.2, 0) is 6.42 Å². The van der Waals surface area contributed by atoms with E-state index in [9.17, 15) is 0 Å². The molecular weight excluding hydrogens is 202 g/mol. The van der Waals surface area contributed by atoms with Crippen LogP contribution in [-0.4, -0.2) is 13.6 Å². The van der Waals surface area contributed by atoms with Crippen LogP contribution in [0.1, 0.15) is 37.0 Å². The third-order valence-corrected chi connectivity index (χ3v) is 4.47. The van der Waals surface area contributed by atoms with Crippen LogP contribution in [0.25, 0.3) is 0 Å². The highest BCUT2D eigenvalue weighted by Gasteiger charge is 2.31. The van der Waals surface area contributed by atoms with E-state index in [4.69, 9.17) is 0 Å². The lowest BCUT2D eigenvalue weighted by atomic mass is 9.71. The Morgan fingerprint density at radius 1 is 1.33 bits per heavy atom. The van der Waals surface area contributed by atoms with Gasteiger partial charge in [-0.05, 0) is 43.2 Å². The van der Waals surface area contributed by atoms with E-state index in [0.29, 0.717) is 5.41 Å². The fourth-order valence-electron chi connectivity index (χ4n) is 2.88. The van der Waals surface area contributed by atoms with Gasteiger partial charge in [0.1, 0.15) is 0 Å². The third-order valence-electron chi connectivity index (χ3n) is 3.60. The first kappa shape index (κ1) is 11.2. The van der Waals surface area contributed by atoms with Crippen LogP contribution in [0, 0.1) is 5.41 Å². The fraction of sp³-hybridized carbons (Fsp3) is 0.692. The zero-order valence-corrected chi connectivity index (χ0v) is 10.4. The van der Waals surface area contributed by atoms with Gasteiger partial charge in [0.15, 0.2) is 0 Å². The summed E-state index contributed by atoms with van der Waals surface area (Å²) in [6.07, 6.45) is 8.39. The van der Waals surface area contributed by atoms with Gasteiger partial charge in [0.25, 0.3) is 0 Å². The van der Waals surface area contributed by atoms with Crippen LogP contribution in [0.4, 0.5) is 0 Å². The largest absolute Gasteiger partial charge is 0.319 e. The zero-order valence-electron chi connectivity index (χ0n) is 9.59. The van der Waals surface area contributed by atoms with E-state index in [0.717, 1.165) is 0 Å². The van der Waals surface area contributed by atoms with Gasteiger partial charge in [0, 0.05) is 11.4 Å². The van der Waals surface area contributed by atoms with E-state index in [-0.39, 0.29) is 0 Å². The summed E-state index contributed by atoms with van der Waals surface area (Å²) < 4.78 is 0. The molecule has 0 atom stereocenters. The Morgan fingerprint density at radius 2 is 2.13 bits per heavy atom. The van der Waals surface area contributed by atoms with Crippen molar-refractivity contribution in [1.82, 2.24) is 5.32 Å². The summed E-state index contributed by atoms with van der Waals surface area (Å²) in [7, 11) is 2.09. The van der Waals surface area contributed by atoms with Crippen LogP contribution in [0.5, 0.6) is 0 Å². The standard InChI is InChI=1S/C13H21NS/c1-14-11-13(7-3-2-4-8-13)10-12-6-5-9-15-12/h5-6,9,14H,2-4,7-8,10-11H2,1H3. The summed E-state index contributed by atoms with van der Waals surface area (Å²) in [6, 6.07) is 4.46. The maximum absolute atomic E-state index is 3.40. The van der Waals surface area contributed by atoms with Crippen molar-refractivity contribution in [1.29, 1.82) is 0 Å². The Hall–Kier alpha value is -0.340. The van der Waals surface area contributed by atoms with E-state index in [1.807, 2.05) is 11.3 Å². The van der Waals surface area contributed by atoms with Gasteiger partial charge < -0.3 is 5.32 Å². The van der Waals surface area contributed by atoms with Crippen molar-refractivity contribution in [2.24, 2.45) is 5.41 Å². The quantitative estimate of drug-likeness (QED) is 0.824. The Morgan fingerprint density at radius 3 is 2.73 bits per heavy atom. The first-order valence-corrected chi connectivity index (χ1v) is 6.90. The first-order chi connectivity index (χ1) is 7.35. The molecule has 0 amide bonds. The summed E-state index contributed by atoms with van der Waals surface area (Å²) in [5, 5.41) is 5.59. The van der Waals surface area contributed by atoms with Gasteiger partial charge in [-0.2, -0.15) is 0 Å². The molecule has 1 N–H and O–H groups in total. The SMILES string of the molecule is CNCC1(Cc2cccs2)CCCCC1. The zero-order chi connectivity index (χ0) is 10.6. The van der Waals surface area contributed by atoms with Crippen LogP contribution in [0.3, 0.4) is 0 Å². The summed E-state index contributed by atoms with van der Waals surface area (Å²) >= 11 is 1.91. The second-order valence-corrected chi connectivity index (χ2v) is 5.88. The molecule has 1 aliphatic rings. The Labute approximate surface area is 96.9 Å². The highest BCUT2D eigenvalue weighted by molar-refractivity contribution is 7.09. The molecule has 15 heavy (non-hydrogen) atoms. The molecule has 84 valence electrons. The molecule has 1 aromatic rings. The molecule has 1 saturated carbocycles. The molecule has 1 heterocycles. The fourth-order valence-corrected chi connectivity index (χ4v) is 3.75. The monoisotopic (exact) mass is 223 g/mol. The summed E-state index contributed by atoms with van der Waals surface area (Å²) in [4.78, 5) is 1.56. The first-order valence-electron chi connectivity index (χ1n) is 6.02. The lowest BCUT2D eigenvalue weighted by Crippen LogP contribution is -2.36. The predicted octanol–water partition coefficient (Wildman–Crippen LogP) is 3.46. The number of hydrogen-bond donors (Lipinski definition) is 1. The van der Waals surface area contributed by atoms with Crippen molar-refractivity contribution in [2.45, 2.75) is 38.5 Å². The molecule has 1 nitrogen and oxygen atoms in total. The molecule has 0 saturated heterocycles. The average molecular weight is 223 g/mol. The van der Waals surface area contributed by atoms with Crippen LogP contribution in [0.2, 0.25) is 0 Å². The second-order valence-electron chi connectivity index (χ2n) is 4.85. The van der Waals surface area contributed by atoms with E-state index in [2.05, 4.69) is 29.9 Å². The number of thiophene rings is 1. The molecule has 2 heteroatoms.